The van der Waals surface area contributed by atoms with E-state index in [-0.39, 0.29) is 34.9 Å². The minimum Gasteiger partial charge on any atom is -0.393 e. The van der Waals surface area contributed by atoms with E-state index in [4.69, 9.17) is 9.47 Å². The van der Waals surface area contributed by atoms with Crippen LogP contribution in [-0.4, -0.2) is 52.6 Å². The highest BCUT2D eigenvalue weighted by Gasteiger charge is 2.68. The van der Waals surface area contributed by atoms with Crippen molar-refractivity contribution in [1.29, 1.82) is 0 Å². The van der Waals surface area contributed by atoms with E-state index < -0.39 is 11.9 Å². The van der Waals surface area contributed by atoms with Gasteiger partial charge in [-0.3, -0.25) is 0 Å². The molecule has 1 saturated heterocycles. The molecule has 5 rings (SSSR count). The summed E-state index contributed by atoms with van der Waals surface area (Å²) in [6.07, 6.45) is 5.28. The van der Waals surface area contributed by atoms with E-state index in [2.05, 4.69) is 13.8 Å². The van der Waals surface area contributed by atoms with E-state index in [1.54, 1.807) is 0 Å². The van der Waals surface area contributed by atoms with Crippen molar-refractivity contribution in [2.24, 2.45) is 40.4 Å². The first kappa shape index (κ1) is 19.7. The van der Waals surface area contributed by atoms with Gasteiger partial charge < -0.3 is 24.8 Å². The van der Waals surface area contributed by atoms with E-state index in [0.717, 1.165) is 44.9 Å². The maximum absolute atomic E-state index is 11.5. The molecule has 5 heteroatoms. The Bertz CT molecular complexity index is 618. The molecule has 28 heavy (non-hydrogen) atoms. The normalized spacial score (nSPS) is 58.1. The summed E-state index contributed by atoms with van der Waals surface area (Å²) in [5, 5.41) is 33.0. The SMILES string of the molecule is CC1([C@H]2CC[C@H]3C4[C@H](O)CC5C[C@H](O)CC[C@]5(C)[C@H]4C[C@H](O)[C@]23C)OCCO1. The minimum atomic E-state index is -0.613. The minimum absolute atomic E-state index is 0.119. The molecule has 0 aromatic carbocycles. The second-order valence-corrected chi connectivity index (χ2v) is 11.2. The second-order valence-electron chi connectivity index (χ2n) is 11.2. The van der Waals surface area contributed by atoms with Crippen LogP contribution in [0.4, 0.5) is 0 Å². The summed E-state index contributed by atoms with van der Waals surface area (Å²) in [5.74, 6) is 0.780. The standard InChI is InChI=1S/C23H38O5/c1-21-7-6-14(24)10-13(21)11-17(25)20-15-4-5-18(23(3)27-8-9-28-23)22(15,2)19(26)12-16(20)21/h13-20,24-26H,4-12H2,1-3H3/t13?,14-,15+,16+,17-,18+,19+,20?,21+,22+/m1/s1. The Kier molecular flexibility index (Phi) is 4.51. The van der Waals surface area contributed by atoms with Crippen LogP contribution in [0.2, 0.25) is 0 Å². The summed E-state index contributed by atoms with van der Waals surface area (Å²) >= 11 is 0. The number of fused-ring (bicyclic) bond motifs is 5. The summed E-state index contributed by atoms with van der Waals surface area (Å²) in [5.41, 5.74) is -0.160. The maximum Gasteiger partial charge on any atom is 0.169 e. The van der Waals surface area contributed by atoms with Crippen LogP contribution in [0.15, 0.2) is 0 Å². The van der Waals surface area contributed by atoms with Gasteiger partial charge in [0, 0.05) is 11.3 Å². The van der Waals surface area contributed by atoms with Gasteiger partial charge in [0.05, 0.1) is 31.5 Å². The zero-order chi connectivity index (χ0) is 19.9. The summed E-state index contributed by atoms with van der Waals surface area (Å²) in [4.78, 5) is 0. The predicted octanol–water partition coefficient (Wildman–Crippen LogP) is 2.71. The lowest BCUT2D eigenvalue weighted by Gasteiger charge is -2.63. The van der Waals surface area contributed by atoms with Crippen LogP contribution in [-0.2, 0) is 9.47 Å². The third kappa shape index (κ3) is 2.49. The average molecular weight is 395 g/mol. The van der Waals surface area contributed by atoms with Gasteiger partial charge in [0.1, 0.15) is 0 Å². The van der Waals surface area contributed by atoms with Crippen molar-refractivity contribution in [3.63, 3.8) is 0 Å². The van der Waals surface area contributed by atoms with E-state index in [1.807, 2.05) is 6.92 Å². The Morgan fingerprint density at radius 3 is 2.25 bits per heavy atom. The smallest absolute Gasteiger partial charge is 0.169 e. The quantitative estimate of drug-likeness (QED) is 0.637. The number of hydrogen-bond donors (Lipinski definition) is 3. The molecular formula is C23H38O5. The molecule has 1 heterocycles. The lowest BCUT2D eigenvalue weighted by molar-refractivity contribution is -0.251. The lowest BCUT2D eigenvalue weighted by Crippen LogP contribution is -2.63. The maximum atomic E-state index is 11.5. The third-order valence-electron chi connectivity index (χ3n) is 10.3. The zero-order valence-electron chi connectivity index (χ0n) is 17.6. The summed E-state index contributed by atoms with van der Waals surface area (Å²) in [7, 11) is 0. The van der Waals surface area contributed by atoms with Crippen LogP contribution < -0.4 is 0 Å². The molecule has 5 nitrogen and oxygen atoms in total. The Morgan fingerprint density at radius 2 is 1.54 bits per heavy atom. The zero-order valence-corrected chi connectivity index (χ0v) is 17.6. The van der Waals surface area contributed by atoms with Crippen molar-refractivity contribution in [3.05, 3.63) is 0 Å². The van der Waals surface area contributed by atoms with Crippen LogP contribution in [0.3, 0.4) is 0 Å². The molecule has 0 aromatic heterocycles. The highest BCUT2D eigenvalue weighted by atomic mass is 16.7. The highest BCUT2D eigenvalue weighted by molar-refractivity contribution is 5.15. The number of hydrogen-bond acceptors (Lipinski definition) is 5. The van der Waals surface area contributed by atoms with E-state index in [9.17, 15) is 15.3 Å². The number of ether oxygens (including phenoxy) is 2. The second kappa shape index (κ2) is 6.40. The molecule has 1 aliphatic heterocycles. The fourth-order valence-corrected chi connectivity index (χ4v) is 8.75. The van der Waals surface area contributed by atoms with Gasteiger partial charge in [-0.1, -0.05) is 13.8 Å². The number of aliphatic hydroxyl groups excluding tert-OH is 3. The van der Waals surface area contributed by atoms with Crippen LogP contribution in [0.25, 0.3) is 0 Å². The van der Waals surface area contributed by atoms with Crippen LogP contribution >= 0.6 is 0 Å². The molecule has 0 amide bonds. The van der Waals surface area contributed by atoms with Gasteiger partial charge in [-0.15, -0.1) is 0 Å². The third-order valence-corrected chi connectivity index (χ3v) is 10.3. The van der Waals surface area contributed by atoms with Gasteiger partial charge in [0.25, 0.3) is 0 Å². The first-order chi connectivity index (χ1) is 13.2. The molecule has 2 unspecified atom stereocenters. The van der Waals surface area contributed by atoms with Gasteiger partial charge >= 0.3 is 0 Å². The van der Waals surface area contributed by atoms with Crippen LogP contribution in [0.5, 0.6) is 0 Å². The molecular weight excluding hydrogens is 356 g/mol. The largest absolute Gasteiger partial charge is 0.393 e. The fraction of sp³-hybridized carbons (Fsp3) is 1.00. The average Bonchev–Trinajstić information content (AvgIpc) is 3.23. The summed E-state index contributed by atoms with van der Waals surface area (Å²) in [6.45, 7) is 7.91. The van der Waals surface area contributed by atoms with Crippen LogP contribution in [0.1, 0.15) is 65.7 Å². The Morgan fingerprint density at radius 1 is 0.821 bits per heavy atom. The Labute approximate surface area is 168 Å². The van der Waals surface area contributed by atoms with Crippen molar-refractivity contribution in [3.8, 4) is 0 Å². The molecule has 10 atom stereocenters. The Balaban J connectivity index is 1.49. The van der Waals surface area contributed by atoms with Gasteiger partial charge in [-0.2, -0.15) is 0 Å². The monoisotopic (exact) mass is 394 g/mol. The summed E-state index contributed by atoms with van der Waals surface area (Å²) < 4.78 is 12.1. The molecule has 0 radical (unpaired) electrons. The van der Waals surface area contributed by atoms with Gasteiger partial charge in [-0.25, -0.2) is 0 Å². The summed E-state index contributed by atoms with van der Waals surface area (Å²) in [6, 6.07) is 0. The first-order valence-corrected chi connectivity index (χ1v) is 11.5. The molecule has 0 aromatic rings. The van der Waals surface area contributed by atoms with Gasteiger partial charge in [0.15, 0.2) is 5.79 Å². The molecule has 4 saturated carbocycles. The van der Waals surface area contributed by atoms with E-state index in [0.29, 0.717) is 31.0 Å². The van der Waals surface area contributed by atoms with Gasteiger partial charge in [-0.05, 0) is 81.0 Å². The van der Waals surface area contributed by atoms with Crippen molar-refractivity contribution >= 4 is 0 Å². The van der Waals surface area contributed by atoms with Crippen molar-refractivity contribution in [1.82, 2.24) is 0 Å². The van der Waals surface area contributed by atoms with Crippen molar-refractivity contribution < 1.29 is 24.8 Å². The number of aliphatic hydroxyl groups is 3. The van der Waals surface area contributed by atoms with Gasteiger partial charge in [0.2, 0.25) is 0 Å². The molecule has 160 valence electrons. The predicted molar refractivity (Wildman–Crippen MR) is 104 cm³/mol. The van der Waals surface area contributed by atoms with E-state index in [1.165, 1.54) is 0 Å². The molecule has 0 spiro atoms. The van der Waals surface area contributed by atoms with E-state index >= 15 is 0 Å². The molecule has 5 fully saturated rings. The molecule has 3 N–H and O–H groups in total. The van der Waals surface area contributed by atoms with Crippen LogP contribution in [0, 0.1) is 40.4 Å². The first-order valence-electron chi connectivity index (χ1n) is 11.5. The topological polar surface area (TPSA) is 79.2 Å². The highest BCUT2D eigenvalue weighted by Crippen LogP contribution is 2.69. The Hall–Kier alpha value is -0.200. The molecule has 4 aliphatic carbocycles. The van der Waals surface area contributed by atoms with Crippen molar-refractivity contribution in [2.75, 3.05) is 13.2 Å². The molecule has 0 bridgehead atoms. The molecule has 5 aliphatic rings. The number of rotatable bonds is 1. The van der Waals surface area contributed by atoms with Crippen molar-refractivity contribution in [2.45, 2.75) is 89.8 Å². The fourth-order valence-electron chi connectivity index (χ4n) is 8.75. The lowest BCUT2D eigenvalue weighted by atomic mass is 9.43.